The first-order valence-electron chi connectivity index (χ1n) is 7.32. The molecule has 1 aromatic carbocycles. The minimum Gasteiger partial charge on any atom is -0.311 e. The van der Waals surface area contributed by atoms with Gasteiger partial charge in [0.1, 0.15) is 0 Å². The van der Waals surface area contributed by atoms with Crippen LogP contribution in [-0.2, 0) is 6.54 Å². The SMILES string of the molecule is c1ccc2c(CNCCN3CCCCC3)csc2c1. The van der Waals surface area contributed by atoms with Crippen LogP contribution in [0.15, 0.2) is 29.6 Å². The van der Waals surface area contributed by atoms with Crippen LogP contribution in [0.4, 0.5) is 0 Å². The van der Waals surface area contributed by atoms with E-state index in [2.05, 4.69) is 39.9 Å². The second kappa shape index (κ2) is 6.51. The molecule has 0 aliphatic carbocycles. The summed E-state index contributed by atoms with van der Waals surface area (Å²) in [6, 6.07) is 8.68. The Balaban J connectivity index is 1.47. The first kappa shape index (κ1) is 13.1. The van der Waals surface area contributed by atoms with Crippen LogP contribution in [0.1, 0.15) is 24.8 Å². The molecule has 1 aliphatic rings. The molecule has 0 atom stereocenters. The zero-order valence-corrected chi connectivity index (χ0v) is 12.2. The molecular formula is C16H22N2S. The normalized spacial score (nSPS) is 17.1. The average molecular weight is 274 g/mol. The van der Waals surface area contributed by atoms with Gasteiger partial charge in [-0.25, -0.2) is 0 Å². The summed E-state index contributed by atoms with van der Waals surface area (Å²) >= 11 is 1.85. The van der Waals surface area contributed by atoms with E-state index < -0.39 is 0 Å². The molecule has 1 saturated heterocycles. The molecule has 19 heavy (non-hydrogen) atoms. The van der Waals surface area contributed by atoms with Gasteiger partial charge in [-0.05, 0) is 48.3 Å². The fraction of sp³-hybridized carbons (Fsp3) is 0.500. The molecule has 2 heterocycles. The molecule has 1 N–H and O–H groups in total. The van der Waals surface area contributed by atoms with Gasteiger partial charge >= 0.3 is 0 Å². The topological polar surface area (TPSA) is 15.3 Å². The number of nitrogens with one attached hydrogen (secondary N) is 1. The lowest BCUT2D eigenvalue weighted by Gasteiger charge is -2.26. The third kappa shape index (κ3) is 3.35. The van der Waals surface area contributed by atoms with Gasteiger partial charge in [0.25, 0.3) is 0 Å². The van der Waals surface area contributed by atoms with E-state index in [9.17, 15) is 0 Å². The third-order valence-corrected chi connectivity index (χ3v) is 4.94. The highest BCUT2D eigenvalue weighted by atomic mass is 32.1. The maximum Gasteiger partial charge on any atom is 0.0346 e. The second-order valence-corrected chi connectivity index (χ2v) is 6.25. The summed E-state index contributed by atoms with van der Waals surface area (Å²) in [5.74, 6) is 0. The van der Waals surface area contributed by atoms with Crippen molar-refractivity contribution in [3.05, 3.63) is 35.2 Å². The molecule has 0 bridgehead atoms. The van der Waals surface area contributed by atoms with Gasteiger partial charge in [-0.1, -0.05) is 24.6 Å². The molecule has 1 aliphatic heterocycles. The highest BCUT2D eigenvalue weighted by Crippen LogP contribution is 2.25. The van der Waals surface area contributed by atoms with Crippen LogP contribution in [-0.4, -0.2) is 31.1 Å². The summed E-state index contributed by atoms with van der Waals surface area (Å²) in [6.45, 7) is 5.89. The smallest absolute Gasteiger partial charge is 0.0346 e. The van der Waals surface area contributed by atoms with E-state index in [1.54, 1.807) is 0 Å². The molecule has 0 spiro atoms. The number of benzene rings is 1. The van der Waals surface area contributed by atoms with E-state index in [0.717, 1.165) is 13.1 Å². The van der Waals surface area contributed by atoms with Crippen molar-refractivity contribution in [3.8, 4) is 0 Å². The minimum absolute atomic E-state index is 0.998. The minimum atomic E-state index is 0.998. The van der Waals surface area contributed by atoms with Gasteiger partial charge in [-0.3, -0.25) is 0 Å². The zero-order valence-electron chi connectivity index (χ0n) is 11.4. The molecule has 2 nitrogen and oxygen atoms in total. The van der Waals surface area contributed by atoms with Gasteiger partial charge in [-0.15, -0.1) is 11.3 Å². The number of piperidine rings is 1. The molecule has 3 heteroatoms. The van der Waals surface area contributed by atoms with Gasteiger partial charge in [0, 0.05) is 24.3 Å². The van der Waals surface area contributed by atoms with Crippen LogP contribution >= 0.6 is 11.3 Å². The number of nitrogens with zero attached hydrogens (tertiary/aromatic N) is 1. The van der Waals surface area contributed by atoms with Crippen molar-refractivity contribution in [3.63, 3.8) is 0 Å². The number of rotatable bonds is 5. The van der Waals surface area contributed by atoms with Crippen LogP contribution in [0.2, 0.25) is 0 Å². The molecule has 0 saturated carbocycles. The van der Waals surface area contributed by atoms with Crippen LogP contribution < -0.4 is 5.32 Å². The molecule has 0 radical (unpaired) electrons. The zero-order chi connectivity index (χ0) is 12.9. The lowest BCUT2D eigenvalue weighted by Crippen LogP contribution is -2.35. The fourth-order valence-corrected chi connectivity index (χ4v) is 3.78. The Morgan fingerprint density at radius 1 is 1.11 bits per heavy atom. The van der Waals surface area contributed by atoms with E-state index in [1.165, 1.54) is 54.5 Å². The molecule has 0 amide bonds. The molecule has 102 valence electrons. The van der Waals surface area contributed by atoms with Crippen molar-refractivity contribution in [2.75, 3.05) is 26.2 Å². The molecule has 2 aromatic rings. The number of fused-ring (bicyclic) bond motifs is 1. The largest absolute Gasteiger partial charge is 0.311 e. The van der Waals surface area contributed by atoms with Crippen molar-refractivity contribution in [1.29, 1.82) is 0 Å². The number of hydrogen-bond donors (Lipinski definition) is 1. The van der Waals surface area contributed by atoms with E-state index in [4.69, 9.17) is 0 Å². The van der Waals surface area contributed by atoms with Gasteiger partial charge in [0.05, 0.1) is 0 Å². The number of thiophene rings is 1. The standard InChI is InChI=1S/C16H22N2S/c1-4-9-18(10-5-1)11-8-17-12-14-13-19-16-7-3-2-6-15(14)16/h2-3,6-7,13,17H,1,4-5,8-12H2. The Labute approximate surface area is 119 Å². The van der Waals surface area contributed by atoms with Crippen molar-refractivity contribution < 1.29 is 0 Å². The summed E-state index contributed by atoms with van der Waals surface area (Å²) in [6.07, 6.45) is 4.19. The van der Waals surface area contributed by atoms with E-state index in [-0.39, 0.29) is 0 Å². The summed E-state index contributed by atoms with van der Waals surface area (Å²) in [4.78, 5) is 2.59. The highest BCUT2D eigenvalue weighted by Gasteiger charge is 2.09. The Bertz CT molecular complexity index is 514. The first-order chi connectivity index (χ1) is 9.43. The lowest BCUT2D eigenvalue weighted by atomic mass is 10.1. The van der Waals surface area contributed by atoms with Gasteiger partial charge < -0.3 is 10.2 Å². The molecular weight excluding hydrogens is 252 g/mol. The predicted octanol–water partition coefficient (Wildman–Crippen LogP) is 3.48. The Hall–Kier alpha value is -0.900. The average Bonchev–Trinajstić information content (AvgIpc) is 2.88. The maximum absolute atomic E-state index is 3.59. The summed E-state index contributed by atoms with van der Waals surface area (Å²) in [5.41, 5.74) is 1.44. The van der Waals surface area contributed by atoms with E-state index >= 15 is 0 Å². The Morgan fingerprint density at radius 3 is 2.84 bits per heavy atom. The Morgan fingerprint density at radius 2 is 1.95 bits per heavy atom. The quantitative estimate of drug-likeness (QED) is 0.840. The van der Waals surface area contributed by atoms with Gasteiger partial charge in [0.15, 0.2) is 0 Å². The summed E-state index contributed by atoms with van der Waals surface area (Å²) < 4.78 is 1.40. The highest BCUT2D eigenvalue weighted by molar-refractivity contribution is 7.17. The van der Waals surface area contributed by atoms with E-state index in [0.29, 0.717) is 0 Å². The fourth-order valence-electron chi connectivity index (χ4n) is 2.81. The van der Waals surface area contributed by atoms with Crippen molar-refractivity contribution in [2.24, 2.45) is 0 Å². The number of hydrogen-bond acceptors (Lipinski definition) is 3. The lowest BCUT2D eigenvalue weighted by molar-refractivity contribution is 0.229. The molecule has 1 aromatic heterocycles. The van der Waals surface area contributed by atoms with E-state index in [1.807, 2.05) is 11.3 Å². The van der Waals surface area contributed by atoms with Crippen LogP contribution in [0.25, 0.3) is 10.1 Å². The van der Waals surface area contributed by atoms with Crippen LogP contribution in [0.3, 0.4) is 0 Å². The first-order valence-corrected chi connectivity index (χ1v) is 8.19. The monoisotopic (exact) mass is 274 g/mol. The summed E-state index contributed by atoms with van der Waals surface area (Å²) in [5, 5.41) is 7.30. The van der Waals surface area contributed by atoms with Crippen LogP contribution in [0, 0.1) is 0 Å². The van der Waals surface area contributed by atoms with Gasteiger partial charge in [0.2, 0.25) is 0 Å². The van der Waals surface area contributed by atoms with Crippen molar-refractivity contribution in [2.45, 2.75) is 25.8 Å². The predicted molar refractivity (Wildman–Crippen MR) is 83.8 cm³/mol. The summed E-state index contributed by atoms with van der Waals surface area (Å²) in [7, 11) is 0. The number of likely N-dealkylation sites (tertiary alicyclic amines) is 1. The van der Waals surface area contributed by atoms with Crippen molar-refractivity contribution in [1.82, 2.24) is 10.2 Å². The molecule has 1 fully saturated rings. The van der Waals surface area contributed by atoms with Gasteiger partial charge in [-0.2, -0.15) is 0 Å². The van der Waals surface area contributed by atoms with Crippen LogP contribution in [0.5, 0.6) is 0 Å². The molecule has 3 rings (SSSR count). The second-order valence-electron chi connectivity index (χ2n) is 5.34. The third-order valence-electron chi connectivity index (χ3n) is 3.93. The maximum atomic E-state index is 3.59. The Kier molecular flexibility index (Phi) is 4.49. The van der Waals surface area contributed by atoms with Crippen molar-refractivity contribution >= 4 is 21.4 Å². The molecule has 0 unspecified atom stereocenters.